The van der Waals surface area contributed by atoms with Crippen LogP contribution in [0.15, 0.2) is 54.7 Å². The first-order chi connectivity index (χ1) is 9.78. The number of halogens is 2. The molecule has 2 aromatic carbocycles. The van der Waals surface area contributed by atoms with E-state index in [1.807, 2.05) is 24.3 Å². The van der Waals surface area contributed by atoms with Crippen molar-refractivity contribution in [2.45, 2.75) is 5.88 Å². The smallest absolute Gasteiger partial charge is 0.227 e. The second kappa shape index (κ2) is 5.47. The van der Waals surface area contributed by atoms with E-state index in [2.05, 4.69) is 4.98 Å². The van der Waals surface area contributed by atoms with Gasteiger partial charge in [-0.3, -0.25) is 0 Å². The molecule has 0 bridgehead atoms. The fraction of sp³-hybridized carbons (Fsp3) is 0.0625. The van der Waals surface area contributed by atoms with Crippen molar-refractivity contribution in [3.05, 3.63) is 66.1 Å². The van der Waals surface area contributed by atoms with E-state index in [-0.39, 0.29) is 5.82 Å². The summed E-state index contributed by atoms with van der Waals surface area (Å²) in [4.78, 5) is 4.27. The molecule has 0 aliphatic carbocycles. The van der Waals surface area contributed by atoms with E-state index in [0.29, 0.717) is 17.5 Å². The van der Waals surface area contributed by atoms with Crippen LogP contribution >= 0.6 is 11.6 Å². The van der Waals surface area contributed by atoms with Crippen LogP contribution in [-0.4, -0.2) is 4.98 Å². The van der Waals surface area contributed by atoms with E-state index >= 15 is 0 Å². The molecule has 0 aliphatic rings. The molecule has 4 heteroatoms. The zero-order valence-electron chi connectivity index (χ0n) is 10.5. The van der Waals surface area contributed by atoms with Gasteiger partial charge < -0.3 is 4.74 Å². The Labute approximate surface area is 120 Å². The summed E-state index contributed by atoms with van der Waals surface area (Å²) in [6, 6.07) is 13.7. The van der Waals surface area contributed by atoms with Crippen LogP contribution in [0.1, 0.15) is 5.56 Å². The molecule has 0 amide bonds. The molecule has 0 spiro atoms. The Kier molecular flexibility index (Phi) is 3.52. The summed E-state index contributed by atoms with van der Waals surface area (Å²) in [6.45, 7) is 0. The van der Waals surface area contributed by atoms with Crippen molar-refractivity contribution in [3.8, 4) is 11.6 Å². The predicted octanol–water partition coefficient (Wildman–Crippen LogP) is 4.91. The number of hydrogen-bond acceptors (Lipinski definition) is 2. The van der Waals surface area contributed by atoms with E-state index < -0.39 is 0 Å². The van der Waals surface area contributed by atoms with Crippen LogP contribution in [0.5, 0.6) is 11.6 Å². The fourth-order valence-electron chi connectivity index (χ4n) is 2.06. The Morgan fingerprint density at radius 2 is 1.85 bits per heavy atom. The van der Waals surface area contributed by atoms with Gasteiger partial charge in [-0.25, -0.2) is 9.37 Å². The molecule has 2 nitrogen and oxygen atoms in total. The summed E-state index contributed by atoms with van der Waals surface area (Å²) in [5, 5.41) is 1.85. The highest BCUT2D eigenvalue weighted by atomic mass is 35.5. The van der Waals surface area contributed by atoms with Crippen LogP contribution in [0.4, 0.5) is 4.39 Å². The van der Waals surface area contributed by atoms with Crippen LogP contribution < -0.4 is 4.74 Å². The lowest BCUT2D eigenvalue weighted by molar-refractivity contribution is 0.464. The molecule has 20 heavy (non-hydrogen) atoms. The fourth-order valence-corrected chi connectivity index (χ4v) is 2.27. The van der Waals surface area contributed by atoms with E-state index in [1.165, 1.54) is 12.1 Å². The van der Waals surface area contributed by atoms with Gasteiger partial charge in [-0.2, -0.15) is 0 Å². The monoisotopic (exact) mass is 287 g/mol. The molecular formula is C16H11ClFNO. The van der Waals surface area contributed by atoms with Gasteiger partial charge in [0, 0.05) is 23.5 Å². The standard InChI is InChI=1S/C16H11ClFNO/c17-9-11-10-19-16(15-7-2-1-6-14(11)15)20-13-5-3-4-12(18)8-13/h1-8,10H,9H2. The molecule has 0 saturated carbocycles. The van der Waals surface area contributed by atoms with Gasteiger partial charge in [-0.05, 0) is 29.1 Å². The highest BCUT2D eigenvalue weighted by Crippen LogP contribution is 2.30. The molecule has 1 heterocycles. The topological polar surface area (TPSA) is 22.1 Å². The van der Waals surface area contributed by atoms with E-state index in [0.717, 1.165) is 16.3 Å². The van der Waals surface area contributed by atoms with Crippen LogP contribution in [-0.2, 0) is 5.88 Å². The highest BCUT2D eigenvalue weighted by molar-refractivity contribution is 6.18. The van der Waals surface area contributed by atoms with Crippen molar-refractivity contribution in [1.29, 1.82) is 0 Å². The third-order valence-corrected chi connectivity index (χ3v) is 3.28. The molecule has 0 unspecified atom stereocenters. The number of aromatic nitrogens is 1. The summed E-state index contributed by atoms with van der Waals surface area (Å²) in [7, 11) is 0. The second-order valence-corrected chi connectivity index (χ2v) is 4.59. The maximum absolute atomic E-state index is 13.2. The first kappa shape index (κ1) is 12.9. The van der Waals surface area contributed by atoms with Gasteiger partial charge in [0.1, 0.15) is 11.6 Å². The van der Waals surface area contributed by atoms with Gasteiger partial charge in [0.2, 0.25) is 5.88 Å². The maximum Gasteiger partial charge on any atom is 0.227 e. The normalized spacial score (nSPS) is 10.7. The Hall–Kier alpha value is -2.13. The number of ether oxygens (including phenoxy) is 1. The maximum atomic E-state index is 13.2. The summed E-state index contributed by atoms with van der Waals surface area (Å²) >= 11 is 5.91. The lowest BCUT2D eigenvalue weighted by atomic mass is 10.1. The largest absolute Gasteiger partial charge is 0.438 e. The van der Waals surface area contributed by atoms with Crippen LogP contribution in [0.25, 0.3) is 10.8 Å². The lowest BCUT2D eigenvalue weighted by Crippen LogP contribution is -1.93. The van der Waals surface area contributed by atoms with Crippen LogP contribution in [0, 0.1) is 5.82 Å². The Balaban J connectivity index is 2.08. The zero-order chi connectivity index (χ0) is 13.9. The van der Waals surface area contributed by atoms with E-state index in [9.17, 15) is 4.39 Å². The highest BCUT2D eigenvalue weighted by Gasteiger charge is 2.08. The number of fused-ring (bicyclic) bond motifs is 1. The number of alkyl halides is 1. The van der Waals surface area contributed by atoms with Gasteiger partial charge in [-0.1, -0.05) is 24.3 Å². The van der Waals surface area contributed by atoms with Crippen LogP contribution in [0.2, 0.25) is 0 Å². The molecule has 0 radical (unpaired) electrons. The van der Waals surface area contributed by atoms with Gasteiger partial charge in [0.15, 0.2) is 0 Å². The molecule has 1 aromatic heterocycles. The van der Waals surface area contributed by atoms with Crippen molar-refractivity contribution >= 4 is 22.4 Å². The van der Waals surface area contributed by atoms with Gasteiger partial charge in [-0.15, -0.1) is 11.6 Å². The summed E-state index contributed by atoms with van der Waals surface area (Å²) in [5.41, 5.74) is 0.939. The van der Waals surface area contributed by atoms with Crippen molar-refractivity contribution in [3.63, 3.8) is 0 Å². The molecule has 0 atom stereocenters. The average Bonchev–Trinajstić information content (AvgIpc) is 2.48. The molecule has 3 aromatic rings. The number of nitrogens with zero attached hydrogens (tertiary/aromatic N) is 1. The summed E-state index contributed by atoms with van der Waals surface area (Å²) in [5.74, 6) is 0.902. The average molecular weight is 288 g/mol. The van der Waals surface area contributed by atoms with Gasteiger partial charge in [0.25, 0.3) is 0 Å². The van der Waals surface area contributed by atoms with Crippen LogP contribution in [0.3, 0.4) is 0 Å². The molecule has 0 aliphatic heterocycles. The Morgan fingerprint density at radius 1 is 1.05 bits per heavy atom. The summed E-state index contributed by atoms with van der Waals surface area (Å²) < 4.78 is 18.9. The third-order valence-electron chi connectivity index (χ3n) is 3.00. The first-order valence-corrected chi connectivity index (χ1v) is 6.67. The lowest BCUT2D eigenvalue weighted by Gasteiger charge is -2.10. The first-order valence-electron chi connectivity index (χ1n) is 6.14. The minimum atomic E-state index is -0.343. The minimum absolute atomic E-state index is 0.343. The van der Waals surface area contributed by atoms with Crippen molar-refractivity contribution in [2.24, 2.45) is 0 Å². The minimum Gasteiger partial charge on any atom is -0.438 e. The van der Waals surface area contributed by atoms with Crippen molar-refractivity contribution < 1.29 is 9.13 Å². The zero-order valence-corrected chi connectivity index (χ0v) is 11.3. The number of benzene rings is 2. The Bertz CT molecular complexity index is 760. The molecule has 3 rings (SSSR count). The SMILES string of the molecule is Fc1cccc(Oc2ncc(CCl)c3ccccc23)c1. The van der Waals surface area contributed by atoms with Crippen molar-refractivity contribution in [1.82, 2.24) is 4.98 Å². The number of rotatable bonds is 3. The molecular weight excluding hydrogens is 277 g/mol. The van der Waals surface area contributed by atoms with E-state index in [4.69, 9.17) is 16.3 Å². The van der Waals surface area contributed by atoms with Gasteiger partial charge in [0.05, 0.1) is 0 Å². The quantitative estimate of drug-likeness (QED) is 0.639. The molecule has 0 N–H and O–H groups in total. The predicted molar refractivity (Wildman–Crippen MR) is 77.8 cm³/mol. The second-order valence-electron chi connectivity index (χ2n) is 4.33. The Morgan fingerprint density at radius 3 is 2.60 bits per heavy atom. The molecule has 100 valence electrons. The number of hydrogen-bond donors (Lipinski definition) is 0. The third kappa shape index (κ3) is 2.45. The van der Waals surface area contributed by atoms with Gasteiger partial charge >= 0.3 is 0 Å². The molecule has 0 saturated heterocycles. The molecule has 0 fully saturated rings. The number of pyridine rings is 1. The summed E-state index contributed by atoms with van der Waals surface area (Å²) in [6.07, 6.45) is 1.68. The van der Waals surface area contributed by atoms with Crippen molar-refractivity contribution in [2.75, 3.05) is 0 Å². The van der Waals surface area contributed by atoms with E-state index in [1.54, 1.807) is 18.3 Å².